The molecule has 0 saturated heterocycles. The van der Waals surface area contributed by atoms with E-state index in [2.05, 4.69) is 9.97 Å². The second-order valence-corrected chi connectivity index (χ2v) is 5.96. The highest BCUT2D eigenvalue weighted by Crippen LogP contribution is 2.24. The molecule has 1 aromatic heterocycles. The predicted molar refractivity (Wildman–Crippen MR) is 91.0 cm³/mol. The van der Waals surface area contributed by atoms with Gasteiger partial charge < -0.3 is 9.64 Å². The highest BCUT2D eigenvalue weighted by atomic mass is 16.5. The molecule has 24 heavy (non-hydrogen) atoms. The molecule has 0 bridgehead atoms. The van der Waals surface area contributed by atoms with Crippen LogP contribution in [-0.4, -0.2) is 53.9 Å². The molecule has 0 aliphatic carbocycles. The maximum atomic E-state index is 12.2. The molecule has 0 spiro atoms. The van der Waals surface area contributed by atoms with Gasteiger partial charge in [0.1, 0.15) is 5.52 Å². The van der Waals surface area contributed by atoms with Gasteiger partial charge in [-0.3, -0.25) is 14.6 Å². The van der Waals surface area contributed by atoms with Crippen molar-refractivity contribution in [3.05, 3.63) is 41.2 Å². The Morgan fingerprint density at radius 3 is 2.67 bits per heavy atom. The molecular formula is C18H19N3O3. The van der Waals surface area contributed by atoms with Crippen LogP contribution in [0.1, 0.15) is 39.8 Å². The third kappa shape index (κ3) is 3.05. The summed E-state index contributed by atoms with van der Waals surface area (Å²) in [5.41, 5.74) is 3.75. The van der Waals surface area contributed by atoms with Gasteiger partial charge in [0.25, 0.3) is 5.91 Å². The fraction of sp³-hybridized carbons (Fsp3) is 0.333. The molecule has 1 aromatic carbocycles. The van der Waals surface area contributed by atoms with E-state index in [1.54, 1.807) is 32.4 Å². The molecule has 1 aliphatic rings. The van der Waals surface area contributed by atoms with Crippen LogP contribution in [0, 0.1) is 0 Å². The SMILES string of the molecule is CC(=O)c1cc(C(=O)N(C)C)cc2ncc(C3=CCOCC3)nc12. The Labute approximate surface area is 140 Å². The highest BCUT2D eigenvalue weighted by Gasteiger charge is 2.17. The molecule has 1 aliphatic heterocycles. The number of hydrogen-bond acceptors (Lipinski definition) is 5. The topological polar surface area (TPSA) is 72.4 Å². The summed E-state index contributed by atoms with van der Waals surface area (Å²) in [6.07, 6.45) is 4.44. The number of hydrogen-bond donors (Lipinski definition) is 0. The first-order valence-corrected chi connectivity index (χ1v) is 7.78. The minimum Gasteiger partial charge on any atom is -0.377 e. The van der Waals surface area contributed by atoms with Crippen molar-refractivity contribution < 1.29 is 14.3 Å². The van der Waals surface area contributed by atoms with Crippen molar-refractivity contribution in [2.45, 2.75) is 13.3 Å². The second kappa shape index (κ2) is 6.49. The van der Waals surface area contributed by atoms with E-state index in [0.29, 0.717) is 35.4 Å². The van der Waals surface area contributed by atoms with E-state index in [9.17, 15) is 9.59 Å². The van der Waals surface area contributed by atoms with E-state index in [-0.39, 0.29) is 11.7 Å². The predicted octanol–water partition coefficient (Wildman–Crippen LogP) is 2.34. The minimum atomic E-state index is -0.169. The van der Waals surface area contributed by atoms with Crippen LogP contribution in [0.5, 0.6) is 0 Å². The molecule has 3 rings (SSSR count). The summed E-state index contributed by atoms with van der Waals surface area (Å²) < 4.78 is 5.31. The number of carbonyl (C=O) groups is 2. The fourth-order valence-electron chi connectivity index (χ4n) is 2.68. The van der Waals surface area contributed by atoms with Crippen molar-refractivity contribution in [1.29, 1.82) is 0 Å². The Morgan fingerprint density at radius 2 is 2.04 bits per heavy atom. The van der Waals surface area contributed by atoms with Crippen LogP contribution in [-0.2, 0) is 4.74 Å². The van der Waals surface area contributed by atoms with Crippen LogP contribution in [0.15, 0.2) is 24.4 Å². The minimum absolute atomic E-state index is 0.138. The van der Waals surface area contributed by atoms with E-state index in [1.165, 1.54) is 11.8 Å². The van der Waals surface area contributed by atoms with Crippen LogP contribution >= 0.6 is 0 Å². The molecule has 6 heteroatoms. The Balaban J connectivity index is 2.16. The molecule has 0 atom stereocenters. The molecule has 0 radical (unpaired) electrons. The summed E-state index contributed by atoms with van der Waals surface area (Å²) in [5, 5.41) is 0. The number of nitrogens with zero attached hydrogens (tertiary/aromatic N) is 3. The maximum absolute atomic E-state index is 12.2. The van der Waals surface area contributed by atoms with Crippen molar-refractivity contribution in [3.8, 4) is 0 Å². The number of rotatable bonds is 3. The normalized spacial score (nSPS) is 14.4. The summed E-state index contributed by atoms with van der Waals surface area (Å²) in [5.74, 6) is -0.307. The van der Waals surface area contributed by atoms with Gasteiger partial charge in [-0.15, -0.1) is 0 Å². The van der Waals surface area contributed by atoms with Gasteiger partial charge in [0, 0.05) is 25.2 Å². The Kier molecular flexibility index (Phi) is 4.40. The van der Waals surface area contributed by atoms with Gasteiger partial charge in [-0.05, 0) is 31.1 Å². The molecule has 1 amide bonds. The Morgan fingerprint density at radius 1 is 1.25 bits per heavy atom. The lowest BCUT2D eigenvalue weighted by atomic mass is 10.0. The molecular weight excluding hydrogens is 306 g/mol. The van der Waals surface area contributed by atoms with E-state index >= 15 is 0 Å². The number of carbonyl (C=O) groups excluding carboxylic acids is 2. The average Bonchev–Trinajstić information content (AvgIpc) is 2.60. The summed E-state index contributed by atoms with van der Waals surface area (Å²) >= 11 is 0. The van der Waals surface area contributed by atoms with Crippen LogP contribution in [0.3, 0.4) is 0 Å². The van der Waals surface area contributed by atoms with Gasteiger partial charge in [-0.1, -0.05) is 6.08 Å². The van der Waals surface area contributed by atoms with Crippen LogP contribution in [0.4, 0.5) is 0 Å². The first-order chi connectivity index (χ1) is 11.5. The third-order valence-electron chi connectivity index (χ3n) is 3.97. The van der Waals surface area contributed by atoms with E-state index in [0.717, 1.165) is 17.7 Å². The highest BCUT2D eigenvalue weighted by molar-refractivity contribution is 6.08. The molecule has 0 N–H and O–H groups in total. The number of amides is 1. The summed E-state index contributed by atoms with van der Waals surface area (Å²) in [6, 6.07) is 3.28. The molecule has 2 aromatic rings. The summed E-state index contributed by atoms with van der Waals surface area (Å²) in [7, 11) is 3.35. The quantitative estimate of drug-likeness (QED) is 0.810. The lowest BCUT2D eigenvalue weighted by molar-refractivity contribution is 0.0827. The zero-order chi connectivity index (χ0) is 17.3. The molecule has 0 unspecified atom stereocenters. The van der Waals surface area contributed by atoms with Gasteiger partial charge in [0.2, 0.25) is 0 Å². The molecule has 124 valence electrons. The number of ether oxygens (including phenoxy) is 1. The van der Waals surface area contributed by atoms with Crippen molar-refractivity contribution in [2.24, 2.45) is 0 Å². The first-order valence-electron chi connectivity index (χ1n) is 7.78. The van der Waals surface area contributed by atoms with E-state index < -0.39 is 0 Å². The monoisotopic (exact) mass is 325 g/mol. The van der Waals surface area contributed by atoms with Crippen molar-refractivity contribution in [1.82, 2.24) is 14.9 Å². The number of Topliss-reactive ketones (excluding diaryl/α,β-unsaturated/α-hetero) is 1. The molecule has 2 heterocycles. The first kappa shape index (κ1) is 16.3. The van der Waals surface area contributed by atoms with Crippen molar-refractivity contribution >= 4 is 28.3 Å². The number of fused-ring (bicyclic) bond motifs is 1. The third-order valence-corrected chi connectivity index (χ3v) is 3.97. The lowest BCUT2D eigenvalue weighted by Gasteiger charge is -2.15. The zero-order valence-electron chi connectivity index (χ0n) is 14.0. The number of aromatic nitrogens is 2. The van der Waals surface area contributed by atoms with Crippen molar-refractivity contribution in [2.75, 3.05) is 27.3 Å². The van der Waals surface area contributed by atoms with Crippen LogP contribution < -0.4 is 0 Å². The standard InChI is InChI=1S/C18H19N3O3/c1-11(22)14-8-13(18(23)21(2)3)9-15-17(14)20-16(10-19-15)12-4-6-24-7-5-12/h4,8-10H,5-7H2,1-3H3. The molecule has 6 nitrogen and oxygen atoms in total. The smallest absolute Gasteiger partial charge is 0.253 e. The summed E-state index contributed by atoms with van der Waals surface area (Å²) in [6.45, 7) is 2.69. The van der Waals surface area contributed by atoms with Crippen molar-refractivity contribution in [3.63, 3.8) is 0 Å². The number of benzene rings is 1. The van der Waals surface area contributed by atoms with Gasteiger partial charge >= 0.3 is 0 Å². The summed E-state index contributed by atoms with van der Waals surface area (Å²) in [4.78, 5) is 34.8. The van der Waals surface area contributed by atoms with Crippen LogP contribution in [0.25, 0.3) is 16.6 Å². The lowest BCUT2D eigenvalue weighted by Crippen LogP contribution is -2.22. The van der Waals surface area contributed by atoms with Gasteiger partial charge in [-0.25, -0.2) is 4.98 Å². The molecule has 0 saturated carbocycles. The van der Waals surface area contributed by atoms with Crippen LogP contribution in [0.2, 0.25) is 0 Å². The van der Waals surface area contributed by atoms with E-state index in [1.807, 2.05) is 6.08 Å². The largest absolute Gasteiger partial charge is 0.377 e. The Bertz CT molecular complexity index is 856. The Hall–Kier alpha value is -2.60. The van der Waals surface area contributed by atoms with Gasteiger partial charge in [-0.2, -0.15) is 0 Å². The second-order valence-electron chi connectivity index (χ2n) is 5.96. The average molecular weight is 325 g/mol. The fourth-order valence-corrected chi connectivity index (χ4v) is 2.68. The van der Waals surface area contributed by atoms with Gasteiger partial charge in [0.05, 0.1) is 30.6 Å². The van der Waals surface area contributed by atoms with Gasteiger partial charge in [0.15, 0.2) is 5.78 Å². The zero-order valence-corrected chi connectivity index (χ0v) is 14.0. The molecule has 0 fully saturated rings. The maximum Gasteiger partial charge on any atom is 0.253 e. The van der Waals surface area contributed by atoms with E-state index in [4.69, 9.17) is 4.74 Å². The number of ketones is 1.